The Morgan fingerprint density at radius 2 is 2.00 bits per heavy atom. The maximum atomic E-state index is 11.3. The number of carbonyl (C=O) groups is 1. The van der Waals surface area contributed by atoms with Gasteiger partial charge in [-0.1, -0.05) is 12.1 Å². The highest BCUT2D eigenvalue weighted by molar-refractivity contribution is 5.79. The molecule has 0 saturated heterocycles. The van der Waals surface area contributed by atoms with Crippen molar-refractivity contribution in [1.82, 2.24) is 0 Å². The van der Waals surface area contributed by atoms with E-state index in [0.29, 0.717) is 18.6 Å². The van der Waals surface area contributed by atoms with Crippen LogP contribution in [-0.2, 0) is 4.79 Å². The van der Waals surface area contributed by atoms with E-state index in [2.05, 4.69) is 0 Å². The summed E-state index contributed by atoms with van der Waals surface area (Å²) in [6.07, 6.45) is 3.12. The molecule has 1 saturated carbocycles. The van der Waals surface area contributed by atoms with E-state index in [9.17, 15) is 4.79 Å². The lowest BCUT2D eigenvalue weighted by atomic mass is 9.96. The van der Waals surface area contributed by atoms with E-state index >= 15 is 0 Å². The lowest BCUT2D eigenvalue weighted by Crippen LogP contribution is -2.25. The summed E-state index contributed by atoms with van der Waals surface area (Å²) in [6, 6.07) is 7.54. The van der Waals surface area contributed by atoms with Gasteiger partial charge < -0.3 is 9.47 Å². The lowest BCUT2D eigenvalue weighted by Gasteiger charge is -2.23. The lowest BCUT2D eigenvalue weighted by molar-refractivity contribution is -0.122. The second-order valence-corrected chi connectivity index (χ2v) is 4.03. The molecule has 0 aromatic heterocycles. The molecule has 3 heteroatoms. The molecule has 1 unspecified atom stereocenters. The van der Waals surface area contributed by atoms with Crippen molar-refractivity contribution in [2.75, 3.05) is 7.11 Å². The smallest absolute Gasteiger partial charge is 0.161 e. The van der Waals surface area contributed by atoms with Gasteiger partial charge in [-0.3, -0.25) is 4.79 Å². The molecule has 1 aromatic rings. The first kappa shape index (κ1) is 11.0. The van der Waals surface area contributed by atoms with Gasteiger partial charge >= 0.3 is 0 Å². The van der Waals surface area contributed by atoms with Crippen LogP contribution in [0.25, 0.3) is 0 Å². The summed E-state index contributed by atoms with van der Waals surface area (Å²) >= 11 is 0. The second-order valence-electron chi connectivity index (χ2n) is 4.03. The maximum Gasteiger partial charge on any atom is 0.161 e. The topological polar surface area (TPSA) is 35.5 Å². The maximum absolute atomic E-state index is 11.3. The molecule has 1 fully saturated rings. The van der Waals surface area contributed by atoms with E-state index in [-0.39, 0.29) is 6.10 Å². The van der Waals surface area contributed by atoms with Crippen molar-refractivity contribution in [3.63, 3.8) is 0 Å². The highest BCUT2D eigenvalue weighted by Gasteiger charge is 2.21. The van der Waals surface area contributed by atoms with Crippen molar-refractivity contribution >= 4 is 5.78 Å². The van der Waals surface area contributed by atoms with Crippen LogP contribution in [0.4, 0.5) is 0 Å². The third-order valence-electron chi connectivity index (χ3n) is 2.80. The first-order valence-corrected chi connectivity index (χ1v) is 5.61. The van der Waals surface area contributed by atoms with Gasteiger partial charge in [0.15, 0.2) is 11.5 Å². The van der Waals surface area contributed by atoms with Gasteiger partial charge in [0.05, 0.1) is 7.11 Å². The fourth-order valence-corrected chi connectivity index (χ4v) is 1.98. The van der Waals surface area contributed by atoms with Crippen LogP contribution < -0.4 is 9.47 Å². The Balaban J connectivity index is 2.05. The van der Waals surface area contributed by atoms with Gasteiger partial charge in [-0.25, -0.2) is 0 Å². The molecule has 1 aromatic carbocycles. The largest absolute Gasteiger partial charge is 0.493 e. The molecular formula is C13H16O3. The molecule has 2 rings (SSSR count). The van der Waals surface area contributed by atoms with Crippen molar-refractivity contribution < 1.29 is 14.3 Å². The average Bonchev–Trinajstić information content (AvgIpc) is 2.30. The summed E-state index contributed by atoms with van der Waals surface area (Å²) < 4.78 is 11.0. The minimum atomic E-state index is 0.0116. The first-order valence-electron chi connectivity index (χ1n) is 5.61. The fraction of sp³-hybridized carbons (Fsp3) is 0.462. The number of hydrogen-bond acceptors (Lipinski definition) is 3. The van der Waals surface area contributed by atoms with Crippen LogP contribution in [0.2, 0.25) is 0 Å². The molecule has 0 N–H and O–H groups in total. The second kappa shape index (κ2) is 5.01. The van der Waals surface area contributed by atoms with E-state index < -0.39 is 0 Å². The van der Waals surface area contributed by atoms with Gasteiger partial charge in [-0.2, -0.15) is 0 Å². The third kappa shape index (κ3) is 2.54. The van der Waals surface area contributed by atoms with Crippen LogP contribution in [0.3, 0.4) is 0 Å². The molecule has 0 heterocycles. The summed E-state index contributed by atoms with van der Waals surface area (Å²) in [7, 11) is 1.62. The van der Waals surface area contributed by atoms with Crippen molar-refractivity contribution in [2.45, 2.75) is 31.8 Å². The van der Waals surface area contributed by atoms with Gasteiger partial charge in [0, 0.05) is 12.8 Å². The Hall–Kier alpha value is -1.51. The number of carbonyl (C=O) groups excluding carboxylic acids is 1. The number of para-hydroxylation sites is 2. The molecule has 0 bridgehead atoms. The molecule has 16 heavy (non-hydrogen) atoms. The van der Waals surface area contributed by atoms with Crippen molar-refractivity contribution in [2.24, 2.45) is 0 Å². The van der Waals surface area contributed by atoms with E-state index in [4.69, 9.17) is 9.47 Å². The predicted molar refractivity (Wildman–Crippen MR) is 60.9 cm³/mol. The predicted octanol–water partition coefficient (Wildman–Crippen LogP) is 2.59. The zero-order chi connectivity index (χ0) is 11.4. The summed E-state index contributed by atoms with van der Waals surface area (Å²) in [5, 5.41) is 0. The molecule has 86 valence electrons. The fourth-order valence-electron chi connectivity index (χ4n) is 1.98. The number of Topliss-reactive ketones (excluding diaryl/α,β-unsaturated/α-hetero) is 1. The number of hydrogen-bond donors (Lipinski definition) is 0. The van der Waals surface area contributed by atoms with Crippen molar-refractivity contribution in [3.05, 3.63) is 24.3 Å². The summed E-state index contributed by atoms with van der Waals surface area (Å²) in [4.78, 5) is 11.3. The zero-order valence-electron chi connectivity index (χ0n) is 9.44. The molecule has 1 atom stereocenters. The van der Waals surface area contributed by atoms with Gasteiger partial charge in [0.25, 0.3) is 0 Å². The molecule has 0 radical (unpaired) electrons. The molecule has 1 aliphatic rings. The van der Waals surface area contributed by atoms with E-state index in [1.165, 1.54) is 0 Å². The third-order valence-corrected chi connectivity index (χ3v) is 2.80. The van der Waals surface area contributed by atoms with Crippen LogP contribution in [0.5, 0.6) is 11.5 Å². The van der Waals surface area contributed by atoms with Gasteiger partial charge in [0.2, 0.25) is 0 Å². The molecule has 0 amide bonds. The molecule has 1 aliphatic carbocycles. The first-order chi connectivity index (χ1) is 7.79. The van der Waals surface area contributed by atoms with Crippen molar-refractivity contribution in [3.8, 4) is 11.5 Å². The molecule has 0 aliphatic heterocycles. The average molecular weight is 220 g/mol. The summed E-state index contributed by atoms with van der Waals surface area (Å²) in [5.74, 6) is 1.75. The number of ether oxygens (including phenoxy) is 2. The van der Waals surface area contributed by atoms with E-state index in [1.807, 2.05) is 24.3 Å². The monoisotopic (exact) mass is 220 g/mol. The Morgan fingerprint density at radius 3 is 2.69 bits per heavy atom. The minimum absolute atomic E-state index is 0.0116. The van der Waals surface area contributed by atoms with Crippen LogP contribution in [0.1, 0.15) is 25.7 Å². The van der Waals surface area contributed by atoms with Crippen LogP contribution in [0, 0.1) is 0 Å². The van der Waals surface area contributed by atoms with Gasteiger partial charge in [-0.15, -0.1) is 0 Å². The van der Waals surface area contributed by atoms with Crippen LogP contribution in [0.15, 0.2) is 24.3 Å². The SMILES string of the molecule is COc1ccccc1OC1CCCC(=O)C1. The molecule has 3 nitrogen and oxygen atoms in total. The Morgan fingerprint density at radius 1 is 1.25 bits per heavy atom. The van der Waals surface area contributed by atoms with E-state index in [1.54, 1.807) is 7.11 Å². The van der Waals surface area contributed by atoms with Crippen LogP contribution >= 0.6 is 0 Å². The molecule has 0 spiro atoms. The van der Waals surface area contributed by atoms with Crippen molar-refractivity contribution in [1.29, 1.82) is 0 Å². The highest BCUT2D eigenvalue weighted by atomic mass is 16.5. The number of methoxy groups -OCH3 is 1. The standard InChI is InChI=1S/C13H16O3/c1-15-12-7-2-3-8-13(12)16-11-6-4-5-10(14)9-11/h2-3,7-8,11H,4-6,9H2,1H3. The molecular weight excluding hydrogens is 204 g/mol. The van der Waals surface area contributed by atoms with Crippen LogP contribution in [-0.4, -0.2) is 19.0 Å². The number of rotatable bonds is 3. The Labute approximate surface area is 95.4 Å². The van der Waals surface area contributed by atoms with E-state index in [0.717, 1.165) is 24.3 Å². The summed E-state index contributed by atoms with van der Waals surface area (Å²) in [5.41, 5.74) is 0. The van der Waals surface area contributed by atoms with Gasteiger partial charge in [0.1, 0.15) is 11.9 Å². The quantitative estimate of drug-likeness (QED) is 0.785. The Kier molecular flexibility index (Phi) is 3.44. The highest BCUT2D eigenvalue weighted by Crippen LogP contribution is 2.29. The summed E-state index contributed by atoms with van der Waals surface area (Å²) in [6.45, 7) is 0. The van der Waals surface area contributed by atoms with Gasteiger partial charge in [-0.05, 0) is 25.0 Å². The Bertz CT molecular complexity index is 373. The minimum Gasteiger partial charge on any atom is -0.493 e. The number of ketones is 1. The zero-order valence-corrected chi connectivity index (χ0v) is 9.44. The normalized spacial score (nSPS) is 20.6. The number of benzene rings is 1.